The molecular formula is C23H28F3N5O3. The van der Waals surface area contributed by atoms with Crippen LogP contribution in [0.3, 0.4) is 0 Å². The van der Waals surface area contributed by atoms with Crippen LogP contribution in [-0.4, -0.2) is 59.2 Å². The lowest BCUT2D eigenvalue weighted by Gasteiger charge is -2.40. The molecule has 1 amide bonds. The van der Waals surface area contributed by atoms with Crippen molar-refractivity contribution in [1.29, 1.82) is 0 Å². The van der Waals surface area contributed by atoms with Gasteiger partial charge < -0.3 is 14.7 Å². The van der Waals surface area contributed by atoms with E-state index in [9.17, 15) is 27.6 Å². The molecule has 1 unspecified atom stereocenters. The highest BCUT2D eigenvalue weighted by Crippen LogP contribution is 2.32. The molecule has 1 aromatic heterocycles. The van der Waals surface area contributed by atoms with E-state index in [1.165, 1.54) is 23.7 Å². The van der Waals surface area contributed by atoms with Gasteiger partial charge in [0.25, 0.3) is 5.56 Å². The Morgan fingerprint density at radius 2 is 1.65 bits per heavy atom. The van der Waals surface area contributed by atoms with E-state index in [0.29, 0.717) is 57.2 Å². The lowest BCUT2D eigenvalue weighted by atomic mass is 9.96. The number of amides is 1. The second-order valence-corrected chi connectivity index (χ2v) is 8.89. The Hall–Kier alpha value is -3.24. The largest absolute Gasteiger partial charge is 0.416 e. The van der Waals surface area contributed by atoms with E-state index < -0.39 is 23.0 Å². The van der Waals surface area contributed by atoms with Crippen molar-refractivity contribution in [2.24, 2.45) is 20.0 Å². The van der Waals surface area contributed by atoms with E-state index in [4.69, 9.17) is 0 Å². The monoisotopic (exact) mass is 479 g/mol. The van der Waals surface area contributed by atoms with E-state index in [1.807, 2.05) is 9.80 Å². The lowest BCUT2D eigenvalue weighted by molar-refractivity contribution is -0.137. The number of carbonyl (C=O) groups excluding carboxylic acids is 1. The molecule has 11 heteroatoms. The number of halogens is 3. The van der Waals surface area contributed by atoms with Gasteiger partial charge in [-0.2, -0.15) is 13.2 Å². The number of piperidine rings is 1. The van der Waals surface area contributed by atoms with Crippen molar-refractivity contribution in [3.8, 4) is 0 Å². The molecule has 0 saturated carbocycles. The SMILES string of the molecule is Cn1c(N2CCCC(C(=O)N3CCN(c4cccc(C(F)(F)F)c4)CC3)C2)cc(=O)n(C)c1=O. The van der Waals surface area contributed by atoms with Crippen LogP contribution in [0.2, 0.25) is 0 Å². The molecule has 2 aliphatic heterocycles. The van der Waals surface area contributed by atoms with Crippen molar-refractivity contribution < 1.29 is 18.0 Å². The van der Waals surface area contributed by atoms with Gasteiger partial charge in [0.15, 0.2) is 0 Å². The highest BCUT2D eigenvalue weighted by Gasteiger charge is 2.33. The number of nitrogens with zero attached hydrogens (tertiary/aromatic N) is 5. The third-order valence-electron chi connectivity index (χ3n) is 6.73. The molecule has 2 aromatic rings. The van der Waals surface area contributed by atoms with Gasteiger partial charge in [-0.3, -0.25) is 18.7 Å². The summed E-state index contributed by atoms with van der Waals surface area (Å²) < 4.78 is 41.6. The minimum absolute atomic E-state index is 0.00206. The molecule has 2 saturated heterocycles. The number of rotatable bonds is 3. The van der Waals surface area contributed by atoms with E-state index in [0.717, 1.165) is 23.1 Å². The van der Waals surface area contributed by atoms with Crippen LogP contribution in [0.25, 0.3) is 0 Å². The second kappa shape index (κ2) is 9.19. The van der Waals surface area contributed by atoms with Gasteiger partial charge in [0.1, 0.15) is 5.82 Å². The number of aromatic nitrogens is 2. The molecule has 1 aromatic carbocycles. The van der Waals surface area contributed by atoms with Crippen LogP contribution < -0.4 is 21.0 Å². The van der Waals surface area contributed by atoms with Crippen LogP contribution in [0.1, 0.15) is 18.4 Å². The van der Waals surface area contributed by atoms with Gasteiger partial charge in [-0.1, -0.05) is 6.07 Å². The fourth-order valence-corrected chi connectivity index (χ4v) is 4.73. The average molecular weight is 480 g/mol. The zero-order chi connectivity index (χ0) is 24.6. The summed E-state index contributed by atoms with van der Waals surface area (Å²) in [6, 6.07) is 6.67. The number of carbonyl (C=O) groups is 1. The number of piperazine rings is 1. The fourth-order valence-electron chi connectivity index (χ4n) is 4.73. The quantitative estimate of drug-likeness (QED) is 0.670. The van der Waals surface area contributed by atoms with Crippen LogP contribution in [0, 0.1) is 5.92 Å². The summed E-state index contributed by atoms with van der Waals surface area (Å²) in [7, 11) is 3.03. The summed E-state index contributed by atoms with van der Waals surface area (Å²) >= 11 is 0. The molecule has 0 N–H and O–H groups in total. The first-order chi connectivity index (χ1) is 16.1. The number of alkyl halides is 3. The summed E-state index contributed by atoms with van der Waals surface area (Å²) in [5.74, 6) is 0.232. The lowest BCUT2D eigenvalue weighted by Crippen LogP contribution is -2.53. The molecule has 1 atom stereocenters. The highest BCUT2D eigenvalue weighted by atomic mass is 19.4. The van der Waals surface area contributed by atoms with Crippen molar-refractivity contribution in [3.05, 3.63) is 56.7 Å². The van der Waals surface area contributed by atoms with E-state index in [2.05, 4.69) is 0 Å². The zero-order valence-corrected chi connectivity index (χ0v) is 19.2. The highest BCUT2D eigenvalue weighted by molar-refractivity contribution is 5.80. The second-order valence-electron chi connectivity index (χ2n) is 8.89. The van der Waals surface area contributed by atoms with E-state index in [1.54, 1.807) is 18.0 Å². The van der Waals surface area contributed by atoms with Crippen molar-refractivity contribution in [2.75, 3.05) is 49.1 Å². The van der Waals surface area contributed by atoms with Gasteiger partial charge in [0, 0.05) is 65.1 Å². The summed E-state index contributed by atoms with van der Waals surface area (Å²) in [4.78, 5) is 43.2. The Morgan fingerprint density at radius 1 is 0.941 bits per heavy atom. The first-order valence-electron chi connectivity index (χ1n) is 11.3. The molecule has 4 rings (SSSR count). The summed E-state index contributed by atoms with van der Waals surface area (Å²) in [5.41, 5.74) is -0.993. The summed E-state index contributed by atoms with van der Waals surface area (Å²) in [6.45, 7) is 2.81. The van der Waals surface area contributed by atoms with Gasteiger partial charge in [-0.25, -0.2) is 4.79 Å². The molecule has 0 spiro atoms. The van der Waals surface area contributed by atoms with Crippen molar-refractivity contribution in [1.82, 2.24) is 14.0 Å². The summed E-state index contributed by atoms with van der Waals surface area (Å²) in [5, 5.41) is 0. The van der Waals surface area contributed by atoms with Gasteiger partial charge in [-0.05, 0) is 31.0 Å². The third kappa shape index (κ3) is 4.69. The average Bonchev–Trinajstić information content (AvgIpc) is 2.84. The Morgan fingerprint density at radius 3 is 2.32 bits per heavy atom. The van der Waals surface area contributed by atoms with Crippen molar-refractivity contribution in [2.45, 2.75) is 19.0 Å². The molecule has 0 bridgehead atoms. The minimum atomic E-state index is -4.40. The van der Waals surface area contributed by atoms with Crippen LogP contribution in [0.4, 0.5) is 24.7 Å². The molecule has 2 fully saturated rings. The maximum Gasteiger partial charge on any atom is 0.416 e. The molecule has 8 nitrogen and oxygen atoms in total. The van der Waals surface area contributed by atoms with Gasteiger partial charge in [0.2, 0.25) is 5.91 Å². The van der Waals surface area contributed by atoms with Crippen LogP contribution in [0.5, 0.6) is 0 Å². The Balaban J connectivity index is 1.41. The van der Waals surface area contributed by atoms with E-state index >= 15 is 0 Å². The molecule has 3 heterocycles. The van der Waals surface area contributed by atoms with Crippen LogP contribution in [0.15, 0.2) is 39.9 Å². The van der Waals surface area contributed by atoms with Crippen molar-refractivity contribution in [3.63, 3.8) is 0 Å². The predicted octanol–water partition coefficient (Wildman–Crippen LogP) is 1.67. The zero-order valence-electron chi connectivity index (χ0n) is 19.2. The normalized spacial score (nSPS) is 19.4. The van der Waals surface area contributed by atoms with Gasteiger partial charge >= 0.3 is 11.9 Å². The number of hydrogen-bond acceptors (Lipinski definition) is 5. The predicted molar refractivity (Wildman–Crippen MR) is 122 cm³/mol. The number of hydrogen-bond donors (Lipinski definition) is 0. The molecule has 0 radical (unpaired) electrons. The minimum Gasteiger partial charge on any atom is -0.368 e. The van der Waals surface area contributed by atoms with Gasteiger partial charge in [0.05, 0.1) is 11.5 Å². The summed E-state index contributed by atoms with van der Waals surface area (Å²) in [6.07, 6.45) is -2.93. The van der Waals surface area contributed by atoms with E-state index in [-0.39, 0.29) is 11.8 Å². The Labute approximate surface area is 194 Å². The number of anilines is 2. The smallest absolute Gasteiger partial charge is 0.368 e. The Bertz CT molecular complexity index is 1180. The standard InChI is InChI=1S/C23H28F3N5O3/c1-27-19(14-20(32)28(2)22(27)34)31-8-4-5-16(15-31)21(33)30-11-9-29(10-12-30)18-7-3-6-17(13-18)23(24,25)26/h3,6-7,13-14,16H,4-5,8-12,15H2,1-2H3. The first-order valence-corrected chi connectivity index (χ1v) is 11.3. The maximum atomic E-state index is 13.2. The molecule has 34 heavy (non-hydrogen) atoms. The third-order valence-corrected chi connectivity index (χ3v) is 6.73. The topological polar surface area (TPSA) is 70.8 Å². The maximum absolute atomic E-state index is 13.2. The van der Waals surface area contributed by atoms with Crippen molar-refractivity contribution >= 4 is 17.4 Å². The molecular weight excluding hydrogens is 451 g/mol. The first kappa shape index (κ1) is 23.9. The number of benzene rings is 1. The van der Waals surface area contributed by atoms with Gasteiger partial charge in [-0.15, -0.1) is 0 Å². The van der Waals surface area contributed by atoms with Crippen LogP contribution in [-0.2, 0) is 25.1 Å². The molecule has 2 aliphatic rings. The molecule has 0 aliphatic carbocycles. The Kier molecular flexibility index (Phi) is 6.46. The fraction of sp³-hybridized carbons (Fsp3) is 0.522. The van der Waals surface area contributed by atoms with Crippen LogP contribution >= 0.6 is 0 Å². The molecule has 184 valence electrons.